The van der Waals surface area contributed by atoms with Crippen molar-refractivity contribution in [2.24, 2.45) is 11.8 Å². The predicted octanol–water partition coefficient (Wildman–Crippen LogP) is 1.90. The molecule has 0 radical (unpaired) electrons. The highest BCUT2D eigenvalue weighted by molar-refractivity contribution is 5.81. The molecule has 70 valence electrons. The molecule has 1 saturated heterocycles. The van der Waals surface area contributed by atoms with Gasteiger partial charge in [0, 0.05) is 19.0 Å². The second-order valence-electron chi connectivity index (χ2n) is 3.62. The Labute approximate surface area is 74.9 Å². The van der Waals surface area contributed by atoms with E-state index in [1.54, 1.807) is 0 Å². The Kier molecular flexibility index (Phi) is 3.12. The molecule has 1 saturated carbocycles. The zero-order valence-corrected chi connectivity index (χ0v) is 8.34. The van der Waals surface area contributed by atoms with E-state index in [-0.39, 0.29) is 0 Å². The third kappa shape index (κ3) is 1.99. The summed E-state index contributed by atoms with van der Waals surface area (Å²) < 4.78 is 0. The molecule has 0 atom stereocenters. The predicted molar refractivity (Wildman–Crippen MR) is 49.8 cm³/mol. The highest BCUT2D eigenvalue weighted by Gasteiger charge is 2.37. The number of carbonyl (C=O) groups excluding carboxylic acids is 1. The average molecular weight is 169 g/mol. The second kappa shape index (κ2) is 3.92. The van der Waals surface area contributed by atoms with Gasteiger partial charge in [0.05, 0.1) is 0 Å². The van der Waals surface area contributed by atoms with Crippen LogP contribution in [0.2, 0.25) is 0 Å². The summed E-state index contributed by atoms with van der Waals surface area (Å²) in [6.45, 7) is 8.21. The van der Waals surface area contributed by atoms with Crippen molar-refractivity contribution in [3.8, 4) is 0 Å². The minimum Gasteiger partial charge on any atom is -0.342 e. The van der Waals surface area contributed by atoms with E-state index < -0.39 is 0 Å². The van der Waals surface area contributed by atoms with E-state index in [4.69, 9.17) is 0 Å². The number of hydrogen-bond acceptors (Lipinski definition) is 1. The summed E-state index contributed by atoms with van der Waals surface area (Å²) in [5, 5.41) is 0. The van der Waals surface area contributed by atoms with Crippen LogP contribution < -0.4 is 0 Å². The molecule has 0 bridgehead atoms. The average Bonchev–Trinajstić information content (AvgIpc) is 2.84. The molecule has 2 rings (SSSR count). The molecule has 0 aromatic carbocycles. The number of nitrogens with zero attached hydrogens (tertiary/aromatic N) is 1. The first-order chi connectivity index (χ1) is 5.77. The van der Waals surface area contributed by atoms with Gasteiger partial charge in [-0.1, -0.05) is 20.8 Å². The highest BCUT2D eigenvalue weighted by atomic mass is 16.2. The Hall–Kier alpha value is -0.530. The van der Waals surface area contributed by atoms with Crippen LogP contribution in [-0.2, 0) is 4.79 Å². The van der Waals surface area contributed by atoms with Gasteiger partial charge in [-0.15, -0.1) is 0 Å². The Morgan fingerprint density at radius 3 is 2.08 bits per heavy atom. The normalized spacial score (nSPS) is 22.4. The van der Waals surface area contributed by atoms with E-state index in [2.05, 4.69) is 6.92 Å². The fourth-order valence-corrected chi connectivity index (χ4v) is 1.47. The fraction of sp³-hybridized carbons (Fsp3) is 0.900. The van der Waals surface area contributed by atoms with Crippen molar-refractivity contribution in [2.45, 2.75) is 33.6 Å². The topological polar surface area (TPSA) is 20.3 Å². The molecule has 0 aromatic rings. The number of carbonyl (C=O) groups is 1. The Bertz CT molecular complexity index is 157. The third-order valence-corrected chi connectivity index (χ3v) is 2.30. The second-order valence-corrected chi connectivity index (χ2v) is 3.62. The number of amides is 1. The lowest BCUT2D eigenvalue weighted by molar-refractivity contribution is -0.138. The summed E-state index contributed by atoms with van der Waals surface area (Å²) in [4.78, 5) is 13.2. The van der Waals surface area contributed by atoms with Crippen LogP contribution in [0.25, 0.3) is 0 Å². The van der Waals surface area contributed by atoms with Crippen molar-refractivity contribution in [3.05, 3.63) is 0 Å². The lowest BCUT2D eigenvalue weighted by atomic mass is 10.0. The van der Waals surface area contributed by atoms with Gasteiger partial charge in [-0.2, -0.15) is 0 Å². The number of rotatable bonds is 1. The molecule has 1 heterocycles. The Morgan fingerprint density at radius 1 is 1.25 bits per heavy atom. The lowest BCUT2D eigenvalue weighted by Crippen LogP contribution is -2.49. The first kappa shape index (κ1) is 9.56. The summed E-state index contributed by atoms with van der Waals surface area (Å²) in [5.74, 6) is 1.59. The number of likely N-dealkylation sites (tertiary alicyclic amines) is 1. The molecular weight excluding hydrogens is 150 g/mol. The molecular formula is C10H19NO. The van der Waals surface area contributed by atoms with Crippen molar-refractivity contribution in [1.82, 2.24) is 4.90 Å². The quantitative estimate of drug-likeness (QED) is 0.587. The van der Waals surface area contributed by atoms with Crippen LogP contribution in [0.3, 0.4) is 0 Å². The van der Waals surface area contributed by atoms with Gasteiger partial charge in [0.1, 0.15) is 0 Å². The largest absolute Gasteiger partial charge is 0.342 e. The van der Waals surface area contributed by atoms with Crippen LogP contribution in [-0.4, -0.2) is 23.9 Å². The van der Waals surface area contributed by atoms with Crippen LogP contribution >= 0.6 is 0 Å². The molecule has 12 heavy (non-hydrogen) atoms. The first-order valence-electron chi connectivity index (χ1n) is 5.06. The van der Waals surface area contributed by atoms with Gasteiger partial charge in [0.2, 0.25) is 5.91 Å². The van der Waals surface area contributed by atoms with Crippen molar-refractivity contribution in [3.63, 3.8) is 0 Å². The summed E-state index contributed by atoms with van der Waals surface area (Å²) >= 11 is 0. The van der Waals surface area contributed by atoms with Crippen LogP contribution in [0.4, 0.5) is 0 Å². The maximum atomic E-state index is 11.3. The van der Waals surface area contributed by atoms with E-state index in [1.165, 1.54) is 0 Å². The lowest BCUT2D eigenvalue weighted by Gasteiger charge is -2.37. The zero-order chi connectivity index (χ0) is 9.14. The summed E-state index contributed by atoms with van der Waals surface area (Å²) in [7, 11) is 0. The summed E-state index contributed by atoms with van der Waals surface area (Å²) in [6.07, 6.45) is 2.29. The SMILES string of the molecule is CC.CC1CN(C(=O)C2CC2)C1. The van der Waals surface area contributed by atoms with Gasteiger partial charge in [-0.05, 0) is 18.8 Å². The van der Waals surface area contributed by atoms with Crippen LogP contribution in [0.15, 0.2) is 0 Å². The monoisotopic (exact) mass is 169 g/mol. The minimum absolute atomic E-state index is 0.415. The molecule has 1 amide bonds. The highest BCUT2D eigenvalue weighted by Crippen LogP contribution is 2.33. The molecule has 1 aliphatic heterocycles. The maximum absolute atomic E-state index is 11.3. The van der Waals surface area contributed by atoms with Crippen molar-refractivity contribution in [2.75, 3.05) is 13.1 Å². The van der Waals surface area contributed by atoms with Gasteiger partial charge < -0.3 is 4.90 Å². The molecule has 2 fully saturated rings. The third-order valence-electron chi connectivity index (χ3n) is 2.30. The minimum atomic E-state index is 0.415. The molecule has 1 aliphatic carbocycles. The molecule has 0 aromatic heterocycles. The molecule has 2 heteroatoms. The summed E-state index contributed by atoms with van der Waals surface area (Å²) in [5.41, 5.74) is 0. The van der Waals surface area contributed by atoms with Gasteiger partial charge in [0.25, 0.3) is 0 Å². The summed E-state index contributed by atoms with van der Waals surface area (Å²) in [6, 6.07) is 0. The first-order valence-corrected chi connectivity index (χ1v) is 5.06. The van der Waals surface area contributed by atoms with Gasteiger partial charge in [-0.3, -0.25) is 4.79 Å². The Balaban J connectivity index is 0.000000336. The fourth-order valence-electron chi connectivity index (χ4n) is 1.47. The van der Waals surface area contributed by atoms with Gasteiger partial charge in [-0.25, -0.2) is 0 Å². The van der Waals surface area contributed by atoms with Gasteiger partial charge >= 0.3 is 0 Å². The van der Waals surface area contributed by atoms with Crippen LogP contribution in [0.1, 0.15) is 33.6 Å². The van der Waals surface area contributed by atoms with E-state index in [1.807, 2.05) is 18.7 Å². The molecule has 0 spiro atoms. The van der Waals surface area contributed by atoms with Crippen molar-refractivity contribution < 1.29 is 4.79 Å². The van der Waals surface area contributed by atoms with E-state index in [0.717, 1.165) is 31.8 Å². The van der Waals surface area contributed by atoms with Crippen LogP contribution in [0, 0.1) is 11.8 Å². The van der Waals surface area contributed by atoms with Crippen molar-refractivity contribution in [1.29, 1.82) is 0 Å². The van der Waals surface area contributed by atoms with E-state index >= 15 is 0 Å². The Morgan fingerprint density at radius 2 is 1.75 bits per heavy atom. The number of hydrogen-bond donors (Lipinski definition) is 0. The van der Waals surface area contributed by atoms with E-state index in [0.29, 0.717) is 11.8 Å². The maximum Gasteiger partial charge on any atom is 0.225 e. The standard InChI is InChI=1S/C8H13NO.C2H6/c1-6-4-9(5-6)8(10)7-2-3-7;1-2/h6-7H,2-5H2,1H3;1-2H3. The van der Waals surface area contributed by atoms with Crippen molar-refractivity contribution >= 4 is 5.91 Å². The van der Waals surface area contributed by atoms with Crippen LogP contribution in [0.5, 0.6) is 0 Å². The smallest absolute Gasteiger partial charge is 0.225 e. The molecule has 0 N–H and O–H groups in total. The molecule has 2 aliphatic rings. The van der Waals surface area contributed by atoms with E-state index in [9.17, 15) is 4.79 Å². The van der Waals surface area contributed by atoms with Gasteiger partial charge in [0.15, 0.2) is 0 Å². The molecule has 2 nitrogen and oxygen atoms in total. The molecule has 0 unspecified atom stereocenters. The zero-order valence-electron chi connectivity index (χ0n) is 8.34.